The number of aromatic nitrogens is 2. The summed E-state index contributed by atoms with van der Waals surface area (Å²) < 4.78 is 13.2. The number of ether oxygens (including phenoxy) is 1. The van der Waals surface area contributed by atoms with Crippen LogP contribution in [0, 0.1) is 19.8 Å². The van der Waals surface area contributed by atoms with Gasteiger partial charge in [0.05, 0.1) is 24.4 Å². The second kappa shape index (κ2) is 8.46. The van der Waals surface area contributed by atoms with Crippen molar-refractivity contribution in [1.29, 1.82) is 0 Å². The lowest BCUT2D eigenvalue weighted by Crippen LogP contribution is -2.40. The number of benzene rings is 2. The van der Waals surface area contributed by atoms with Gasteiger partial charge in [0, 0.05) is 52.6 Å². The number of amides is 1. The molecule has 2 N–H and O–H groups in total. The van der Waals surface area contributed by atoms with Crippen molar-refractivity contribution in [3.8, 4) is 11.1 Å². The third kappa shape index (κ3) is 3.81. The Labute approximate surface area is 208 Å². The van der Waals surface area contributed by atoms with Gasteiger partial charge in [-0.15, -0.1) is 0 Å². The summed E-state index contributed by atoms with van der Waals surface area (Å²) in [6.45, 7) is 7.14. The van der Waals surface area contributed by atoms with Crippen molar-refractivity contribution >= 4 is 44.9 Å². The highest BCUT2D eigenvalue weighted by molar-refractivity contribution is 7.80. The van der Waals surface area contributed by atoms with E-state index in [4.69, 9.17) is 27.2 Å². The molecule has 0 spiro atoms. The van der Waals surface area contributed by atoms with Gasteiger partial charge >= 0.3 is 0 Å². The average Bonchev–Trinajstić information content (AvgIpc) is 3.56. The molecular weight excluding hydrogens is 460 g/mol. The first kappa shape index (κ1) is 22.2. The first-order valence-corrected chi connectivity index (χ1v) is 12.5. The van der Waals surface area contributed by atoms with Crippen LogP contribution < -0.4 is 5.73 Å². The van der Waals surface area contributed by atoms with E-state index < -0.39 is 0 Å². The van der Waals surface area contributed by atoms with Crippen LogP contribution in [-0.2, 0) is 11.3 Å². The van der Waals surface area contributed by atoms with Crippen molar-refractivity contribution in [3.63, 3.8) is 0 Å². The molecule has 0 atom stereocenters. The first-order valence-electron chi connectivity index (χ1n) is 12.1. The number of thiocarbonyl (C=S) groups is 1. The number of nitrogens with zero attached hydrogens (tertiary/aromatic N) is 3. The summed E-state index contributed by atoms with van der Waals surface area (Å²) in [6, 6.07) is 10.3. The number of rotatable bonds is 5. The minimum Gasteiger partial charge on any atom is -0.389 e. The monoisotopic (exact) mass is 488 g/mol. The Morgan fingerprint density at radius 1 is 1.14 bits per heavy atom. The number of nitrogens with two attached hydrogens (primary N) is 1. The molecule has 8 heteroatoms. The SMILES string of the molecule is Cc1noc(C)c1-c1cc(C(N)=S)c2c(c1)c1ccc(C(=O)N3CCOCC3)cc1n2CC1CC1. The smallest absolute Gasteiger partial charge is 0.254 e. The van der Waals surface area contributed by atoms with E-state index in [1.807, 2.05) is 30.9 Å². The average molecular weight is 489 g/mol. The van der Waals surface area contributed by atoms with E-state index in [0.717, 1.165) is 56.5 Å². The quantitative estimate of drug-likeness (QED) is 0.414. The van der Waals surface area contributed by atoms with Gasteiger partial charge < -0.3 is 24.5 Å². The lowest BCUT2D eigenvalue weighted by Gasteiger charge is -2.26. The van der Waals surface area contributed by atoms with E-state index in [1.54, 1.807) is 0 Å². The summed E-state index contributed by atoms with van der Waals surface area (Å²) in [5, 5.41) is 6.31. The fraction of sp³-hybridized carbons (Fsp3) is 0.370. The van der Waals surface area contributed by atoms with E-state index in [1.165, 1.54) is 12.8 Å². The Morgan fingerprint density at radius 3 is 2.57 bits per heavy atom. The minimum absolute atomic E-state index is 0.0457. The van der Waals surface area contributed by atoms with Gasteiger partial charge in [0.25, 0.3) is 5.91 Å². The van der Waals surface area contributed by atoms with Gasteiger partial charge in [0.2, 0.25) is 0 Å². The fourth-order valence-electron chi connectivity index (χ4n) is 5.29. The number of fused-ring (bicyclic) bond motifs is 3. The Hall–Kier alpha value is -3.23. The normalized spacial score (nSPS) is 16.3. The molecule has 4 aromatic rings. The van der Waals surface area contributed by atoms with Gasteiger partial charge in [0.15, 0.2) is 0 Å². The van der Waals surface area contributed by atoms with E-state index in [0.29, 0.717) is 42.8 Å². The van der Waals surface area contributed by atoms with Crippen LogP contribution >= 0.6 is 12.2 Å². The van der Waals surface area contributed by atoms with Crippen LogP contribution in [-0.4, -0.2) is 51.8 Å². The molecule has 0 unspecified atom stereocenters. The molecule has 2 aliphatic rings. The van der Waals surface area contributed by atoms with Crippen LogP contribution in [0.15, 0.2) is 34.9 Å². The van der Waals surface area contributed by atoms with E-state index in [-0.39, 0.29) is 5.91 Å². The summed E-state index contributed by atoms with van der Waals surface area (Å²) >= 11 is 5.54. The maximum absolute atomic E-state index is 13.3. The lowest BCUT2D eigenvalue weighted by molar-refractivity contribution is 0.0303. The highest BCUT2D eigenvalue weighted by Crippen LogP contribution is 2.40. The molecule has 35 heavy (non-hydrogen) atoms. The zero-order chi connectivity index (χ0) is 24.3. The highest BCUT2D eigenvalue weighted by atomic mass is 32.1. The second-order valence-corrected chi connectivity index (χ2v) is 10.1. The van der Waals surface area contributed by atoms with Crippen LogP contribution in [0.1, 0.15) is 40.2 Å². The summed E-state index contributed by atoms with van der Waals surface area (Å²) in [6.07, 6.45) is 2.43. The number of hydrogen-bond acceptors (Lipinski definition) is 5. The van der Waals surface area contributed by atoms with Crippen LogP contribution in [0.25, 0.3) is 32.9 Å². The third-order valence-corrected chi connectivity index (χ3v) is 7.45. The molecule has 7 nitrogen and oxygen atoms in total. The van der Waals surface area contributed by atoms with E-state index in [9.17, 15) is 4.79 Å². The van der Waals surface area contributed by atoms with Crippen LogP contribution in [0.5, 0.6) is 0 Å². The molecule has 180 valence electrons. The van der Waals surface area contributed by atoms with Gasteiger partial charge in [-0.25, -0.2) is 0 Å². The number of carbonyl (C=O) groups is 1. The van der Waals surface area contributed by atoms with Gasteiger partial charge in [0.1, 0.15) is 10.7 Å². The maximum atomic E-state index is 13.3. The summed E-state index contributed by atoms with van der Waals surface area (Å²) in [7, 11) is 0. The van der Waals surface area contributed by atoms with E-state index in [2.05, 4.69) is 27.9 Å². The molecule has 2 fully saturated rings. The van der Waals surface area contributed by atoms with Crippen molar-refractivity contribution in [2.45, 2.75) is 33.2 Å². The third-order valence-electron chi connectivity index (χ3n) is 7.23. The predicted molar refractivity (Wildman–Crippen MR) is 140 cm³/mol. The topological polar surface area (TPSA) is 86.5 Å². The zero-order valence-corrected chi connectivity index (χ0v) is 20.8. The van der Waals surface area contributed by atoms with Crippen molar-refractivity contribution in [2.24, 2.45) is 11.7 Å². The summed E-state index contributed by atoms with van der Waals surface area (Å²) in [4.78, 5) is 15.5. The molecular formula is C27H28N4O3S. The molecule has 0 bridgehead atoms. The lowest BCUT2D eigenvalue weighted by atomic mass is 9.98. The number of hydrogen-bond donors (Lipinski definition) is 1. The Bertz CT molecular complexity index is 1470. The van der Waals surface area contributed by atoms with Crippen LogP contribution in [0.3, 0.4) is 0 Å². The van der Waals surface area contributed by atoms with Gasteiger partial charge in [-0.2, -0.15) is 0 Å². The molecule has 2 aromatic heterocycles. The molecule has 0 radical (unpaired) electrons. The molecule has 1 saturated carbocycles. The Kier molecular flexibility index (Phi) is 5.38. The van der Waals surface area contributed by atoms with Crippen molar-refractivity contribution < 1.29 is 14.1 Å². The van der Waals surface area contributed by atoms with Crippen LogP contribution in [0.2, 0.25) is 0 Å². The maximum Gasteiger partial charge on any atom is 0.254 e. The minimum atomic E-state index is 0.0457. The fourth-order valence-corrected chi connectivity index (χ4v) is 5.45. The first-order chi connectivity index (χ1) is 16.9. The predicted octanol–water partition coefficient (Wildman–Crippen LogP) is 4.58. The second-order valence-electron chi connectivity index (χ2n) is 9.67. The number of aryl methyl sites for hydroxylation is 2. The van der Waals surface area contributed by atoms with E-state index >= 15 is 0 Å². The van der Waals surface area contributed by atoms with Gasteiger partial charge in [-0.3, -0.25) is 4.79 Å². The van der Waals surface area contributed by atoms with Crippen molar-refractivity contribution in [2.75, 3.05) is 26.3 Å². The summed E-state index contributed by atoms with van der Waals surface area (Å²) in [5.41, 5.74) is 12.7. The Morgan fingerprint density at radius 2 is 1.91 bits per heavy atom. The zero-order valence-electron chi connectivity index (χ0n) is 20.0. The van der Waals surface area contributed by atoms with Crippen molar-refractivity contribution in [3.05, 3.63) is 52.9 Å². The van der Waals surface area contributed by atoms with Crippen molar-refractivity contribution in [1.82, 2.24) is 14.6 Å². The molecule has 1 saturated heterocycles. The van der Waals surface area contributed by atoms with Gasteiger partial charge in [-0.05, 0) is 62.4 Å². The molecule has 2 aromatic carbocycles. The Balaban J connectivity index is 1.59. The highest BCUT2D eigenvalue weighted by Gasteiger charge is 2.27. The molecule has 1 amide bonds. The standard InChI is InChI=1S/C27H28N4O3S/c1-15-24(16(2)34-29-15)19-11-21-20-6-5-18(27(32)30-7-9-33-10-8-30)13-23(20)31(14-17-3-4-17)25(21)22(12-19)26(28)35/h5-6,11-13,17H,3-4,7-10,14H2,1-2H3,(H2,28,35). The number of carbonyl (C=O) groups excluding carboxylic acids is 1. The largest absolute Gasteiger partial charge is 0.389 e. The molecule has 1 aliphatic heterocycles. The molecule has 1 aliphatic carbocycles. The molecule has 3 heterocycles. The summed E-state index contributed by atoms with van der Waals surface area (Å²) in [5.74, 6) is 1.44. The van der Waals surface area contributed by atoms with Gasteiger partial charge in [-0.1, -0.05) is 23.4 Å². The van der Waals surface area contributed by atoms with Crippen LogP contribution in [0.4, 0.5) is 0 Å². The molecule has 6 rings (SSSR count). The number of morpholine rings is 1.